The molecule has 0 atom stereocenters. The number of aryl methyl sites for hydroxylation is 1. The first-order chi connectivity index (χ1) is 6.97. The minimum atomic E-state index is -1.07. The topological polar surface area (TPSA) is 55.1 Å². The van der Waals surface area contributed by atoms with Gasteiger partial charge in [0.05, 0.1) is 0 Å². The van der Waals surface area contributed by atoms with Crippen molar-refractivity contribution in [2.45, 2.75) is 33.7 Å². The lowest BCUT2D eigenvalue weighted by atomic mass is 9.89. The van der Waals surface area contributed by atoms with Gasteiger partial charge in [-0.05, 0) is 24.7 Å². The summed E-state index contributed by atoms with van der Waals surface area (Å²) in [7, 11) is 5.76. The normalized spacial score (nSPS) is 10.9. The van der Waals surface area contributed by atoms with Gasteiger partial charge in [0.1, 0.15) is 7.85 Å². The first-order valence-electron chi connectivity index (χ1n) is 5.05. The number of aromatic carboxylic acids is 1. The molecule has 0 aliphatic heterocycles. The van der Waals surface area contributed by atoms with E-state index in [1.807, 2.05) is 6.92 Å². The SMILES string of the molecule is [B]c1c(C(=O)O)nn(CC)c1CC(C)C. The van der Waals surface area contributed by atoms with Gasteiger partial charge in [-0.3, -0.25) is 4.68 Å². The smallest absolute Gasteiger partial charge is 0.355 e. The van der Waals surface area contributed by atoms with Crippen molar-refractivity contribution in [3.63, 3.8) is 0 Å². The van der Waals surface area contributed by atoms with Gasteiger partial charge in [-0.25, -0.2) is 4.79 Å². The number of nitrogens with zero attached hydrogens (tertiary/aromatic N) is 2. The van der Waals surface area contributed by atoms with E-state index in [4.69, 9.17) is 13.0 Å². The Morgan fingerprint density at radius 1 is 1.60 bits per heavy atom. The van der Waals surface area contributed by atoms with Crippen molar-refractivity contribution < 1.29 is 9.90 Å². The van der Waals surface area contributed by atoms with Gasteiger partial charge in [0.15, 0.2) is 5.69 Å². The van der Waals surface area contributed by atoms with Crippen LogP contribution in [0, 0.1) is 5.92 Å². The molecular weight excluding hydrogens is 191 g/mol. The molecule has 0 bridgehead atoms. The lowest BCUT2D eigenvalue weighted by Crippen LogP contribution is -2.18. The predicted molar refractivity (Wildman–Crippen MR) is 58.8 cm³/mol. The van der Waals surface area contributed by atoms with Crippen molar-refractivity contribution in [3.05, 3.63) is 11.4 Å². The lowest BCUT2D eigenvalue weighted by Gasteiger charge is -2.08. The molecule has 0 aromatic carbocycles. The Kier molecular flexibility index (Phi) is 3.55. The van der Waals surface area contributed by atoms with Crippen LogP contribution in [-0.2, 0) is 13.0 Å². The molecule has 0 aliphatic carbocycles. The lowest BCUT2D eigenvalue weighted by molar-refractivity contribution is 0.0691. The van der Waals surface area contributed by atoms with Gasteiger partial charge in [0, 0.05) is 12.2 Å². The van der Waals surface area contributed by atoms with Crippen LogP contribution in [0.15, 0.2) is 0 Å². The molecule has 5 heteroatoms. The Labute approximate surface area is 90.7 Å². The first kappa shape index (κ1) is 11.8. The van der Waals surface area contributed by atoms with Crippen LogP contribution in [-0.4, -0.2) is 28.7 Å². The van der Waals surface area contributed by atoms with E-state index >= 15 is 0 Å². The third-order valence-corrected chi connectivity index (χ3v) is 2.20. The summed E-state index contributed by atoms with van der Waals surface area (Å²) in [6.07, 6.45) is 0.750. The molecule has 0 spiro atoms. The minimum absolute atomic E-state index is 0.0347. The Balaban J connectivity index is 3.17. The molecule has 0 unspecified atom stereocenters. The zero-order valence-electron chi connectivity index (χ0n) is 9.32. The molecule has 1 aromatic rings. The highest BCUT2D eigenvalue weighted by Gasteiger charge is 2.18. The molecule has 1 aromatic heterocycles. The third kappa shape index (κ3) is 2.40. The number of hydrogen-bond acceptors (Lipinski definition) is 2. The predicted octanol–water partition coefficient (Wildman–Crippen LogP) is 0.593. The second kappa shape index (κ2) is 4.51. The van der Waals surface area contributed by atoms with E-state index < -0.39 is 5.97 Å². The number of rotatable bonds is 4. The fourth-order valence-corrected chi connectivity index (χ4v) is 1.53. The molecular formula is C10H15BN2O2. The van der Waals surface area contributed by atoms with Crippen LogP contribution in [0.25, 0.3) is 0 Å². The number of carboxylic acid groups (broad SMARTS) is 1. The van der Waals surface area contributed by atoms with Gasteiger partial charge in [0.25, 0.3) is 0 Å². The average Bonchev–Trinajstić information content (AvgIpc) is 2.43. The van der Waals surface area contributed by atoms with Crippen LogP contribution in [0.1, 0.15) is 37.0 Å². The summed E-state index contributed by atoms with van der Waals surface area (Å²) in [5, 5.41) is 12.9. The van der Waals surface area contributed by atoms with E-state index in [-0.39, 0.29) is 5.69 Å². The summed E-state index contributed by atoms with van der Waals surface area (Å²) < 4.78 is 1.67. The number of carboxylic acids is 1. The van der Waals surface area contributed by atoms with Gasteiger partial charge >= 0.3 is 5.97 Å². The maximum absolute atomic E-state index is 10.8. The number of hydrogen-bond donors (Lipinski definition) is 1. The van der Waals surface area contributed by atoms with Crippen molar-refractivity contribution in [1.29, 1.82) is 0 Å². The Bertz CT molecular complexity index is 372. The molecule has 15 heavy (non-hydrogen) atoms. The Morgan fingerprint density at radius 3 is 2.60 bits per heavy atom. The van der Waals surface area contributed by atoms with E-state index in [1.54, 1.807) is 4.68 Å². The first-order valence-corrected chi connectivity index (χ1v) is 5.05. The quantitative estimate of drug-likeness (QED) is 0.733. The highest BCUT2D eigenvalue weighted by molar-refractivity contribution is 6.36. The second-order valence-electron chi connectivity index (χ2n) is 3.93. The molecule has 0 aliphatic rings. The summed E-state index contributed by atoms with van der Waals surface area (Å²) in [6, 6.07) is 0. The van der Waals surface area contributed by atoms with Crippen molar-refractivity contribution >= 4 is 19.3 Å². The molecule has 0 amide bonds. The van der Waals surface area contributed by atoms with E-state index in [9.17, 15) is 4.79 Å². The van der Waals surface area contributed by atoms with Crippen LogP contribution in [0.4, 0.5) is 0 Å². The highest BCUT2D eigenvalue weighted by atomic mass is 16.4. The highest BCUT2D eigenvalue weighted by Crippen LogP contribution is 2.07. The molecule has 1 rings (SSSR count). The fourth-order valence-electron chi connectivity index (χ4n) is 1.53. The van der Waals surface area contributed by atoms with Crippen molar-refractivity contribution in [2.75, 3.05) is 0 Å². The van der Waals surface area contributed by atoms with Gasteiger partial charge in [0.2, 0.25) is 0 Å². The standard InChI is InChI=1S/C10H15BN2O2/c1-4-13-7(5-6(2)3)8(11)9(12-13)10(14)15/h6H,4-5H2,1-3H3,(H,14,15). The van der Waals surface area contributed by atoms with E-state index in [0.29, 0.717) is 17.9 Å². The molecule has 0 fully saturated rings. The van der Waals surface area contributed by atoms with Crippen LogP contribution in [0.3, 0.4) is 0 Å². The van der Waals surface area contributed by atoms with Crippen molar-refractivity contribution in [2.24, 2.45) is 5.92 Å². The molecule has 1 heterocycles. The number of aromatic nitrogens is 2. The van der Waals surface area contributed by atoms with Gasteiger partial charge in [-0.15, -0.1) is 0 Å². The van der Waals surface area contributed by atoms with Crippen molar-refractivity contribution in [1.82, 2.24) is 9.78 Å². The molecule has 0 saturated heterocycles. The maximum atomic E-state index is 10.8. The second-order valence-corrected chi connectivity index (χ2v) is 3.93. The summed E-state index contributed by atoms with van der Waals surface area (Å²) in [6.45, 7) is 6.68. The van der Waals surface area contributed by atoms with Gasteiger partial charge < -0.3 is 5.11 Å². The van der Waals surface area contributed by atoms with Crippen LogP contribution in [0.2, 0.25) is 0 Å². The van der Waals surface area contributed by atoms with Gasteiger partial charge in [-0.1, -0.05) is 13.8 Å². The Morgan fingerprint density at radius 2 is 2.20 bits per heavy atom. The fraction of sp³-hybridized carbons (Fsp3) is 0.600. The van der Waals surface area contributed by atoms with E-state index in [2.05, 4.69) is 18.9 Å². The summed E-state index contributed by atoms with van der Waals surface area (Å²) >= 11 is 0. The number of carbonyl (C=O) groups is 1. The monoisotopic (exact) mass is 206 g/mol. The largest absolute Gasteiger partial charge is 0.476 e. The average molecular weight is 206 g/mol. The van der Waals surface area contributed by atoms with E-state index in [1.165, 1.54) is 0 Å². The molecule has 1 N–H and O–H groups in total. The summed E-state index contributed by atoms with van der Waals surface area (Å²) in [5.74, 6) is -0.638. The maximum Gasteiger partial charge on any atom is 0.355 e. The minimum Gasteiger partial charge on any atom is -0.476 e. The summed E-state index contributed by atoms with van der Waals surface area (Å²) in [5.41, 5.74) is 1.09. The zero-order chi connectivity index (χ0) is 11.6. The van der Waals surface area contributed by atoms with E-state index in [0.717, 1.165) is 12.1 Å². The molecule has 2 radical (unpaired) electrons. The third-order valence-electron chi connectivity index (χ3n) is 2.20. The Hall–Kier alpha value is -1.26. The van der Waals surface area contributed by atoms with Crippen LogP contribution in [0.5, 0.6) is 0 Å². The van der Waals surface area contributed by atoms with Gasteiger partial charge in [-0.2, -0.15) is 5.10 Å². The molecule has 4 nitrogen and oxygen atoms in total. The van der Waals surface area contributed by atoms with Crippen molar-refractivity contribution in [3.8, 4) is 0 Å². The van der Waals surface area contributed by atoms with Crippen LogP contribution < -0.4 is 5.46 Å². The van der Waals surface area contributed by atoms with Crippen LogP contribution >= 0.6 is 0 Å². The molecule has 80 valence electrons. The molecule has 0 saturated carbocycles. The zero-order valence-corrected chi connectivity index (χ0v) is 9.32. The summed E-state index contributed by atoms with van der Waals surface area (Å²) in [4.78, 5) is 10.8.